The lowest BCUT2D eigenvalue weighted by molar-refractivity contribution is -0.132. The number of carbonyl (C=O) groups excluding carboxylic acids is 1. The SMILES string of the molecule is CCC(C)C(C)(O)CNC(=O)C1(c2cccc(F)c2)CCOCC1. The third kappa shape index (κ3) is 3.95. The van der Waals surface area contributed by atoms with Gasteiger partial charge >= 0.3 is 0 Å². The molecule has 1 heterocycles. The van der Waals surface area contributed by atoms with E-state index in [0.29, 0.717) is 31.6 Å². The van der Waals surface area contributed by atoms with Crippen LogP contribution in [0.25, 0.3) is 0 Å². The lowest BCUT2D eigenvalue weighted by Gasteiger charge is -2.38. The number of aliphatic hydroxyl groups is 1. The van der Waals surface area contributed by atoms with E-state index in [2.05, 4.69) is 5.32 Å². The second kappa shape index (κ2) is 7.62. The maximum absolute atomic E-state index is 13.7. The van der Waals surface area contributed by atoms with Crippen LogP contribution in [-0.2, 0) is 14.9 Å². The van der Waals surface area contributed by atoms with Crippen molar-refractivity contribution in [2.45, 2.75) is 51.0 Å². The van der Waals surface area contributed by atoms with Crippen molar-refractivity contribution in [2.24, 2.45) is 5.92 Å². The molecule has 0 spiro atoms. The van der Waals surface area contributed by atoms with E-state index in [1.807, 2.05) is 13.8 Å². The zero-order valence-corrected chi connectivity index (χ0v) is 14.8. The van der Waals surface area contributed by atoms with Gasteiger partial charge in [-0.3, -0.25) is 4.79 Å². The van der Waals surface area contributed by atoms with E-state index in [1.54, 1.807) is 19.1 Å². The van der Waals surface area contributed by atoms with Crippen LogP contribution in [0.4, 0.5) is 4.39 Å². The van der Waals surface area contributed by atoms with Crippen molar-refractivity contribution in [3.05, 3.63) is 35.6 Å². The van der Waals surface area contributed by atoms with Gasteiger partial charge in [0.1, 0.15) is 5.82 Å². The summed E-state index contributed by atoms with van der Waals surface area (Å²) < 4.78 is 19.1. The average molecular weight is 337 g/mol. The molecular formula is C19H28FNO3. The molecule has 4 nitrogen and oxygen atoms in total. The maximum Gasteiger partial charge on any atom is 0.230 e. The van der Waals surface area contributed by atoms with Crippen molar-refractivity contribution < 1.29 is 19.0 Å². The molecule has 134 valence electrons. The summed E-state index contributed by atoms with van der Waals surface area (Å²) in [6.07, 6.45) is 1.84. The molecule has 1 aliphatic rings. The van der Waals surface area contributed by atoms with Gasteiger partial charge in [0.05, 0.1) is 11.0 Å². The third-order valence-corrected chi connectivity index (χ3v) is 5.44. The van der Waals surface area contributed by atoms with Gasteiger partial charge in [0.15, 0.2) is 0 Å². The molecule has 2 atom stereocenters. The molecule has 1 amide bonds. The van der Waals surface area contributed by atoms with Crippen LogP contribution in [0.3, 0.4) is 0 Å². The Hall–Kier alpha value is -1.46. The number of halogens is 1. The highest BCUT2D eigenvalue weighted by Gasteiger charge is 2.42. The molecule has 1 aromatic rings. The summed E-state index contributed by atoms with van der Waals surface area (Å²) in [5.41, 5.74) is -1.10. The Morgan fingerprint density at radius 1 is 1.46 bits per heavy atom. The van der Waals surface area contributed by atoms with Crippen molar-refractivity contribution in [2.75, 3.05) is 19.8 Å². The second-order valence-electron chi connectivity index (χ2n) is 7.05. The van der Waals surface area contributed by atoms with Gasteiger partial charge in [0.25, 0.3) is 0 Å². The molecule has 0 bridgehead atoms. The van der Waals surface area contributed by atoms with Crippen LogP contribution < -0.4 is 5.32 Å². The van der Waals surface area contributed by atoms with Gasteiger partial charge in [0.2, 0.25) is 5.91 Å². The first-order valence-corrected chi connectivity index (χ1v) is 8.66. The lowest BCUT2D eigenvalue weighted by atomic mass is 9.73. The highest BCUT2D eigenvalue weighted by atomic mass is 19.1. The zero-order valence-electron chi connectivity index (χ0n) is 14.8. The first-order chi connectivity index (χ1) is 11.3. The van der Waals surface area contributed by atoms with Crippen LogP contribution in [0.1, 0.15) is 45.6 Å². The Kier molecular flexibility index (Phi) is 5.99. The van der Waals surface area contributed by atoms with Gasteiger partial charge in [-0.25, -0.2) is 4.39 Å². The summed E-state index contributed by atoms with van der Waals surface area (Å²) in [5.74, 6) is -0.449. The first-order valence-electron chi connectivity index (χ1n) is 8.66. The molecule has 2 N–H and O–H groups in total. The molecule has 2 unspecified atom stereocenters. The molecule has 24 heavy (non-hydrogen) atoms. The Balaban J connectivity index is 2.20. The highest BCUT2D eigenvalue weighted by Crippen LogP contribution is 2.35. The fourth-order valence-corrected chi connectivity index (χ4v) is 3.20. The van der Waals surface area contributed by atoms with E-state index in [1.165, 1.54) is 12.1 Å². The maximum atomic E-state index is 13.7. The zero-order chi connectivity index (χ0) is 17.8. The lowest BCUT2D eigenvalue weighted by Crippen LogP contribution is -2.53. The van der Waals surface area contributed by atoms with Crippen molar-refractivity contribution in [3.63, 3.8) is 0 Å². The van der Waals surface area contributed by atoms with Gasteiger partial charge in [-0.05, 0) is 43.4 Å². The number of carbonyl (C=O) groups is 1. The first kappa shape index (κ1) is 18.9. The average Bonchev–Trinajstić information content (AvgIpc) is 2.59. The van der Waals surface area contributed by atoms with Crippen molar-refractivity contribution in [1.29, 1.82) is 0 Å². The van der Waals surface area contributed by atoms with Crippen LogP contribution in [0.15, 0.2) is 24.3 Å². The number of hydrogen-bond acceptors (Lipinski definition) is 3. The molecule has 1 fully saturated rings. The van der Waals surface area contributed by atoms with E-state index >= 15 is 0 Å². The summed E-state index contributed by atoms with van der Waals surface area (Å²) >= 11 is 0. The monoisotopic (exact) mass is 337 g/mol. The van der Waals surface area contributed by atoms with Crippen LogP contribution in [0, 0.1) is 11.7 Å². The van der Waals surface area contributed by atoms with Crippen LogP contribution in [0.5, 0.6) is 0 Å². The van der Waals surface area contributed by atoms with Gasteiger partial charge in [0, 0.05) is 19.8 Å². The predicted octanol–water partition coefficient (Wildman–Crippen LogP) is 2.79. The van der Waals surface area contributed by atoms with Gasteiger partial charge < -0.3 is 15.2 Å². The molecule has 1 aromatic carbocycles. The summed E-state index contributed by atoms with van der Waals surface area (Å²) in [6, 6.07) is 6.23. The van der Waals surface area contributed by atoms with E-state index in [4.69, 9.17) is 4.74 Å². The minimum Gasteiger partial charge on any atom is -0.388 e. The smallest absolute Gasteiger partial charge is 0.230 e. The fraction of sp³-hybridized carbons (Fsp3) is 0.632. The van der Waals surface area contributed by atoms with Crippen LogP contribution in [-0.4, -0.2) is 36.4 Å². The molecule has 2 rings (SSSR count). The molecule has 0 saturated carbocycles. The molecule has 0 radical (unpaired) electrons. The number of amides is 1. The minimum absolute atomic E-state index is 0.0672. The van der Waals surface area contributed by atoms with Crippen molar-refractivity contribution in [3.8, 4) is 0 Å². The Morgan fingerprint density at radius 2 is 2.12 bits per heavy atom. The van der Waals surface area contributed by atoms with Gasteiger partial charge in [-0.1, -0.05) is 32.4 Å². The Bertz CT molecular complexity index is 567. The number of hydrogen-bond donors (Lipinski definition) is 2. The summed E-state index contributed by atoms with van der Waals surface area (Å²) in [7, 11) is 0. The van der Waals surface area contributed by atoms with Crippen LogP contribution >= 0.6 is 0 Å². The molecule has 0 aliphatic carbocycles. The summed E-state index contributed by atoms with van der Waals surface area (Å²) in [6.45, 7) is 6.81. The van der Waals surface area contributed by atoms with Gasteiger partial charge in [-0.15, -0.1) is 0 Å². The fourth-order valence-electron chi connectivity index (χ4n) is 3.20. The topological polar surface area (TPSA) is 58.6 Å². The predicted molar refractivity (Wildman–Crippen MR) is 91.2 cm³/mol. The van der Waals surface area contributed by atoms with Crippen LogP contribution in [0.2, 0.25) is 0 Å². The Labute approximate surface area is 143 Å². The van der Waals surface area contributed by atoms with E-state index in [9.17, 15) is 14.3 Å². The van der Waals surface area contributed by atoms with E-state index < -0.39 is 11.0 Å². The minimum atomic E-state index is -0.974. The number of rotatable bonds is 6. The summed E-state index contributed by atoms with van der Waals surface area (Å²) in [4.78, 5) is 13.0. The molecular weight excluding hydrogens is 309 g/mol. The quantitative estimate of drug-likeness (QED) is 0.839. The van der Waals surface area contributed by atoms with Crippen molar-refractivity contribution in [1.82, 2.24) is 5.32 Å². The van der Waals surface area contributed by atoms with E-state index in [0.717, 1.165) is 6.42 Å². The van der Waals surface area contributed by atoms with Crippen molar-refractivity contribution >= 4 is 5.91 Å². The number of ether oxygens (including phenoxy) is 1. The van der Waals surface area contributed by atoms with Gasteiger partial charge in [-0.2, -0.15) is 0 Å². The number of nitrogens with one attached hydrogen (secondary N) is 1. The Morgan fingerprint density at radius 3 is 2.71 bits per heavy atom. The largest absolute Gasteiger partial charge is 0.388 e. The standard InChI is InChI=1S/C19H28FNO3/c1-4-14(2)18(3,23)13-21-17(22)19(8-10-24-11-9-19)15-6-5-7-16(20)12-15/h5-7,12,14,23H,4,8-11,13H2,1-3H3,(H,21,22). The second-order valence-corrected chi connectivity index (χ2v) is 7.05. The number of benzene rings is 1. The molecule has 1 aliphatic heterocycles. The molecule has 1 saturated heterocycles. The molecule has 0 aromatic heterocycles. The van der Waals surface area contributed by atoms with E-state index in [-0.39, 0.29) is 24.2 Å². The molecule has 5 heteroatoms. The highest BCUT2D eigenvalue weighted by molar-refractivity contribution is 5.88. The third-order valence-electron chi connectivity index (χ3n) is 5.44. The normalized spacial score (nSPS) is 20.9. The summed E-state index contributed by atoms with van der Waals surface area (Å²) in [5, 5.41) is 13.4.